The van der Waals surface area contributed by atoms with E-state index in [2.05, 4.69) is 16.1 Å². The van der Waals surface area contributed by atoms with E-state index in [0.717, 1.165) is 0 Å². The smallest absolute Gasteiger partial charge is 0.0985 e. The van der Waals surface area contributed by atoms with Gasteiger partial charge in [-0.15, -0.1) is 0 Å². The number of thioether (sulfide) groups is 1. The van der Waals surface area contributed by atoms with Gasteiger partial charge in [0, 0.05) is 26.6 Å². The van der Waals surface area contributed by atoms with E-state index in [1.807, 2.05) is 18.8 Å². The first kappa shape index (κ1) is 10.9. The number of hydrogen-bond donors (Lipinski definition) is 0. The fourth-order valence-corrected chi connectivity index (χ4v) is 2.18. The van der Waals surface area contributed by atoms with Crippen LogP contribution >= 0.6 is 11.8 Å². The SMILES string of the molecule is C/N=C1/CCCCN1CCCSC. The molecule has 0 N–H and O–H groups in total. The number of rotatable bonds is 4. The van der Waals surface area contributed by atoms with Crippen molar-refractivity contribution in [2.45, 2.75) is 25.7 Å². The Balaban J connectivity index is 2.28. The molecule has 1 aliphatic heterocycles. The molecule has 1 aliphatic rings. The molecule has 1 saturated heterocycles. The minimum Gasteiger partial charge on any atom is -0.360 e. The van der Waals surface area contributed by atoms with Gasteiger partial charge in [-0.05, 0) is 31.3 Å². The minimum absolute atomic E-state index is 1.19. The molecule has 0 unspecified atom stereocenters. The first-order valence-electron chi connectivity index (χ1n) is 5.08. The Labute approximate surface area is 85.8 Å². The number of aliphatic imine (C=N–C) groups is 1. The topological polar surface area (TPSA) is 15.6 Å². The molecule has 1 fully saturated rings. The van der Waals surface area contributed by atoms with Crippen LogP contribution in [-0.2, 0) is 0 Å². The quantitative estimate of drug-likeness (QED) is 0.647. The van der Waals surface area contributed by atoms with Gasteiger partial charge in [-0.3, -0.25) is 4.99 Å². The van der Waals surface area contributed by atoms with Gasteiger partial charge in [0.15, 0.2) is 0 Å². The molecule has 0 bridgehead atoms. The monoisotopic (exact) mass is 200 g/mol. The third kappa shape index (κ3) is 3.59. The molecule has 2 nitrogen and oxygen atoms in total. The zero-order chi connectivity index (χ0) is 9.52. The standard InChI is InChI=1S/C10H20N2S/c1-11-10-6-3-4-7-12(10)8-5-9-13-2/h3-9H2,1-2H3/b11-10-. The van der Waals surface area contributed by atoms with Crippen molar-refractivity contribution >= 4 is 17.6 Å². The lowest BCUT2D eigenvalue weighted by molar-refractivity contribution is 0.370. The number of nitrogens with zero attached hydrogens (tertiary/aromatic N) is 2. The highest BCUT2D eigenvalue weighted by molar-refractivity contribution is 7.98. The first-order valence-corrected chi connectivity index (χ1v) is 6.47. The summed E-state index contributed by atoms with van der Waals surface area (Å²) in [6.45, 7) is 2.43. The summed E-state index contributed by atoms with van der Waals surface area (Å²) in [5.74, 6) is 2.60. The van der Waals surface area contributed by atoms with Crippen LogP contribution in [0.15, 0.2) is 4.99 Å². The van der Waals surface area contributed by atoms with Crippen molar-refractivity contribution in [3.05, 3.63) is 0 Å². The molecule has 0 aromatic heterocycles. The molecular weight excluding hydrogens is 180 g/mol. The normalized spacial score (nSPS) is 21.1. The third-order valence-corrected chi connectivity index (χ3v) is 3.17. The van der Waals surface area contributed by atoms with Crippen LogP contribution in [0.2, 0.25) is 0 Å². The molecule has 0 aromatic rings. The van der Waals surface area contributed by atoms with Crippen molar-refractivity contribution in [2.24, 2.45) is 4.99 Å². The molecule has 0 spiro atoms. The van der Waals surface area contributed by atoms with Gasteiger partial charge in [-0.25, -0.2) is 0 Å². The molecular formula is C10H20N2S. The Morgan fingerprint density at radius 1 is 1.46 bits per heavy atom. The average molecular weight is 200 g/mol. The second kappa shape index (κ2) is 6.30. The molecule has 0 atom stereocenters. The van der Waals surface area contributed by atoms with Crippen molar-refractivity contribution in [3.63, 3.8) is 0 Å². The summed E-state index contributed by atoms with van der Waals surface area (Å²) >= 11 is 1.93. The van der Waals surface area contributed by atoms with E-state index in [4.69, 9.17) is 0 Å². The zero-order valence-corrected chi connectivity index (χ0v) is 9.57. The van der Waals surface area contributed by atoms with Crippen LogP contribution in [0.3, 0.4) is 0 Å². The van der Waals surface area contributed by atoms with E-state index in [9.17, 15) is 0 Å². The Bertz CT molecular complexity index is 168. The molecule has 13 heavy (non-hydrogen) atoms. The van der Waals surface area contributed by atoms with E-state index in [1.165, 1.54) is 50.4 Å². The van der Waals surface area contributed by atoms with Crippen LogP contribution < -0.4 is 0 Å². The summed E-state index contributed by atoms with van der Waals surface area (Å²) in [6.07, 6.45) is 7.32. The van der Waals surface area contributed by atoms with Crippen molar-refractivity contribution in [1.82, 2.24) is 4.90 Å². The van der Waals surface area contributed by atoms with Gasteiger partial charge in [-0.2, -0.15) is 11.8 Å². The van der Waals surface area contributed by atoms with Gasteiger partial charge < -0.3 is 4.90 Å². The van der Waals surface area contributed by atoms with Gasteiger partial charge in [-0.1, -0.05) is 0 Å². The second-order valence-electron chi connectivity index (χ2n) is 3.43. The van der Waals surface area contributed by atoms with E-state index >= 15 is 0 Å². The van der Waals surface area contributed by atoms with E-state index in [1.54, 1.807) is 0 Å². The fraction of sp³-hybridized carbons (Fsp3) is 0.900. The molecule has 0 radical (unpaired) electrons. The van der Waals surface area contributed by atoms with E-state index < -0.39 is 0 Å². The zero-order valence-electron chi connectivity index (χ0n) is 8.75. The minimum atomic E-state index is 1.19. The van der Waals surface area contributed by atoms with E-state index in [-0.39, 0.29) is 0 Å². The van der Waals surface area contributed by atoms with Crippen molar-refractivity contribution < 1.29 is 0 Å². The molecule has 76 valence electrons. The summed E-state index contributed by atoms with van der Waals surface area (Å²) in [5, 5.41) is 0. The van der Waals surface area contributed by atoms with Crippen molar-refractivity contribution in [2.75, 3.05) is 32.1 Å². The average Bonchev–Trinajstić information content (AvgIpc) is 2.19. The predicted octanol–water partition coefficient (Wildman–Crippen LogP) is 2.25. The van der Waals surface area contributed by atoms with Crippen LogP contribution in [0, 0.1) is 0 Å². The summed E-state index contributed by atoms with van der Waals surface area (Å²) in [7, 11) is 1.92. The lowest BCUT2D eigenvalue weighted by atomic mass is 10.1. The molecule has 0 amide bonds. The number of amidine groups is 1. The Morgan fingerprint density at radius 3 is 3.00 bits per heavy atom. The molecule has 1 rings (SSSR count). The number of hydrogen-bond acceptors (Lipinski definition) is 2. The highest BCUT2D eigenvalue weighted by Crippen LogP contribution is 2.12. The lowest BCUT2D eigenvalue weighted by Gasteiger charge is -2.30. The van der Waals surface area contributed by atoms with Crippen LogP contribution in [0.1, 0.15) is 25.7 Å². The van der Waals surface area contributed by atoms with Crippen molar-refractivity contribution in [3.8, 4) is 0 Å². The molecule has 3 heteroatoms. The van der Waals surface area contributed by atoms with E-state index in [0.29, 0.717) is 0 Å². The Kier molecular flexibility index (Phi) is 5.28. The largest absolute Gasteiger partial charge is 0.360 e. The summed E-state index contributed by atoms with van der Waals surface area (Å²) in [5.41, 5.74) is 0. The van der Waals surface area contributed by atoms with Crippen LogP contribution in [0.5, 0.6) is 0 Å². The molecule has 0 saturated carbocycles. The number of likely N-dealkylation sites (tertiary alicyclic amines) is 1. The van der Waals surface area contributed by atoms with Crippen molar-refractivity contribution in [1.29, 1.82) is 0 Å². The van der Waals surface area contributed by atoms with Crippen LogP contribution in [-0.4, -0.2) is 42.9 Å². The highest BCUT2D eigenvalue weighted by Gasteiger charge is 2.14. The maximum absolute atomic E-state index is 4.34. The maximum atomic E-state index is 4.34. The Morgan fingerprint density at radius 2 is 2.31 bits per heavy atom. The first-order chi connectivity index (χ1) is 6.38. The van der Waals surface area contributed by atoms with Gasteiger partial charge in [0.25, 0.3) is 0 Å². The van der Waals surface area contributed by atoms with Gasteiger partial charge in [0.05, 0.1) is 5.84 Å². The highest BCUT2D eigenvalue weighted by atomic mass is 32.2. The van der Waals surface area contributed by atoms with Crippen LogP contribution in [0.4, 0.5) is 0 Å². The summed E-state index contributed by atoms with van der Waals surface area (Å²) in [4.78, 5) is 6.80. The lowest BCUT2D eigenvalue weighted by Crippen LogP contribution is -2.36. The fourth-order valence-electron chi connectivity index (χ4n) is 1.77. The van der Waals surface area contributed by atoms with Gasteiger partial charge in [0.2, 0.25) is 0 Å². The summed E-state index contributed by atoms with van der Waals surface area (Å²) in [6, 6.07) is 0. The van der Waals surface area contributed by atoms with Gasteiger partial charge >= 0.3 is 0 Å². The van der Waals surface area contributed by atoms with Crippen LogP contribution in [0.25, 0.3) is 0 Å². The number of piperidine rings is 1. The summed E-state index contributed by atoms with van der Waals surface area (Å²) < 4.78 is 0. The molecule has 0 aromatic carbocycles. The maximum Gasteiger partial charge on any atom is 0.0985 e. The molecule has 1 heterocycles. The second-order valence-corrected chi connectivity index (χ2v) is 4.42. The Hall–Kier alpha value is -0.180. The van der Waals surface area contributed by atoms with Gasteiger partial charge in [0.1, 0.15) is 0 Å². The molecule has 0 aliphatic carbocycles. The predicted molar refractivity (Wildman–Crippen MR) is 61.8 cm³/mol. The third-order valence-electron chi connectivity index (χ3n) is 2.48.